The van der Waals surface area contributed by atoms with Gasteiger partial charge in [-0.1, -0.05) is 86.9 Å². The number of ether oxygens (including phenoxy) is 7. The molecule has 3 aliphatic rings. The highest BCUT2D eigenvalue weighted by molar-refractivity contribution is 6.39. The number of benzene rings is 1. The second-order valence-electron chi connectivity index (χ2n) is 18.2. The Morgan fingerprint density at radius 2 is 1.52 bits per heavy atom. The highest BCUT2D eigenvalue weighted by atomic mass is 35.5. The molecule has 17 nitrogen and oxygen atoms in total. The van der Waals surface area contributed by atoms with Crippen LogP contribution in [0.1, 0.15) is 117 Å². The van der Waals surface area contributed by atoms with Gasteiger partial charge in [0.05, 0.1) is 35.5 Å². The van der Waals surface area contributed by atoms with Gasteiger partial charge in [0.1, 0.15) is 46.7 Å². The number of phenolic OH excluding ortho intramolecular Hbond substituents is 2. The number of hydrogen-bond acceptors (Lipinski definition) is 17. The summed E-state index contributed by atoms with van der Waals surface area (Å²) in [5, 5.41) is 76.0. The summed E-state index contributed by atoms with van der Waals surface area (Å²) >= 11 is 12.2. The normalized spacial score (nSPS) is 35.3. The highest BCUT2D eigenvalue weighted by Gasteiger charge is 2.53. The molecule has 0 aromatic heterocycles. The van der Waals surface area contributed by atoms with E-state index in [9.17, 15) is 50.1 Å². The van der Waals surface area contributed by atoms with Gasteiger partial charge in [-0.05, 0) is 90.0 Å². The second kappa shape index (κ2) is 25.5. The summed E-state index contributed by atoms with van der Waals surface area (Å²) in [5.74, 6) is -4.20. The number of aromatic hydroxyl groups is 2. The van der Waals surface area contributed by atoms with Crippen LogP contribution in [0.15, 0.2) is 58.7 Å². The molecule has 0 saturated carbocycles. The number of allylic oxidation sites excluding steroid dienone is 4. The summed E-state index contributed by atoms with van der Waals surface area (Å²) in [6.45, 7) is 16.8. The van der Waals surface area contributed by atoms with Gasteiger partial charge in [0, 0.05) is 18.8 Å². The van der Waals surface area contributed by atoms with Gasteiger partial charge >= 0.3 is 17.9 Å². The fourth-order valence-corrected chi connectivity index (χ4v) is 8.87. The predicted molar refractivity (Wildman–Crippen MR) is 254 cm³/mol. The Kier molecular flexibility index (Phi) is 21.3. The third kappa shape index (κ3) is 14.2. The molecule has 4 rings (SSSR count). The van der Waals surface area contributed by atoms with Gasteiger partial charge in [0.15, 0.2) is 36.3 Å². The zero-order valence-electron chi connectivity index (χ0n) is 40.9. The van der Waals surface area contributed by atoms with E-state index in [0.717, 1.165) is 11.1 Å². The van der Waals surface area contributed by atoms with E-state index < -0.39 is 126 Å². The van der Waals surface area contributed by atoms with Crippen molar-refractivity contribution in [3.05, 3.63) is 79.9 Å². The van der Waals surface area contributed by atoms with E-state index in [2.05, 4.69) is 0 Å². The first-order valence-electron chi connectivity index (χ1n) is 23.3. The average Bonchev–Trinajstić information content (AvgIpc) is 3.31. The summed E-state index contributed by atoms with van der Waals surface area (Å²) in [6, 6.07) is 0. The molecule has 0 spiro atoms. The zero-order valence-corrected chi connectivity index (χ0v) is 42.4. The molecule has 13 atom stereocenters. The van der Waals surface area contributed by atoms with Crippen LogP contribution >= 0.6 is 23.2 Å². The molecule has 69 heavy (non-hydrogen) atoms. The molecule has 19 heteroatoms. The van der Waals surface area contributed by atoms with Crippen molar-refractivity contribution in [2.75, 3.05) is 6.61 Å². The molecule has 3 heterocycles. The maximum Gasteiger partial charge on any atom is 0.342 e. The molecule has 3 aliphatic heterocycles. The molecule has 1 aromatic rings. The van der Waals surface area contributed by atoms with Gasteiger partial charge in [-0.3, -0.25) is 4.79 Å². The topological polar surface area (TPSA) is 257 Å². The van der Waals surface area contributed by atoms with Crippen LogP contribution < -0.4 is 0 Å². The van der Waals surface area contributed by atoms with Crippen LogP contribution in [0.2, 0.25) is 10.0 Å². The first-order chi connectivity index (χ1) is 32.4. The van der Waals surface area contributed by atoms with E-state index in [1.807, 2.05) is 45.9 Å². The standard InChI is InChI=1S/C50H70Cl2O17/c1-11-28-22-25(6)32(53)18-16-15-17-29(23-63-48-41(59)39(57)44(27(8)64-48)67-47(62)34-31(13-3)35(51)38(56)36(52)37(34)55)46(61)65-30(12-2)20-19-24(5)21-26(7)43(28)68-49-42(60)40(58)45(50(9,10)69-49)66-33(54)14-4/h15-17,19,21-22,27-28,30,32,39-45,48-49,53,55-60H,11-14,18,20,23H2,1-10H3/b16-15+,24-19+,25-22+,26-21+,29-17+/t27-,28+,30+,32+,39-,40-,41+,42+,43+,44-,45+,48-,49-/m1/s1. The largest absolute Gasteiger partial charge is 0.505 e. The van der Waals surface area contributed by atoms with Crippen molar-refractivity contribution in [1.82, 2.24) is 0 Å². The van der Waals surface area contributed by atoms with Gasteiger partial charge in [-0.15, -0.1) is 0 Å². The van der Waals surface area contributed by atoms with Crippen molar-refractivity contribution in [2.24, 2.45) is 5.92 Å². The lowest BCUT2D eigenvalue weighted by Crippen LogP contribution is -2.64. The van der Waals surface area contributed by atoms with E-state index >= 15 is 0 Å². The number of carbonyl (C=O) groups excluding carboxylic acids is 3. The van der Waals surface area contributed by atoms with E-state index in [1.54, 1.807) is 46.8 Å². The van der Waals surface area contributed by atoms with Crippen molar-refractivity contribution in [2.45, 2.75) is 187 Å². The lowest BCUT2D eigenvalue weighted by atomic mass is 9.88. The monoisotopic (exact) mass is 1010 g/mol. The first kappa shape index (κ1) is 57.7. The number of aliphatic hydroxyl groups is 5. The number of hydrogen-bond donors (Lipinski definition) is 7. The Labute approximate surface area is 413 Å². The Hall–Kier alpha value is -3.85. The molecule has 2 saturated heterocycles. The minimum absolute atomic E-state index is 0.0143. The molecular weight excluding hydrogens is 943 g/mol. The summed E-state index contributed by atoms with van der Waals surface area (Å²) < 4.78 is 41.4. The van der Waals surface area contributed by atoms with Crippen molar-refractivity contribution in [3.8, 4) is 11.5 Å². The average molecular weight is 1010 g/mol. The van der Waals surface area contributed by atoms with Crippen LogP contribution in [-0.2, 0) is 49.2 Å². The molecule has 2 fully saturated rings. The number of carbonyl (C=O) groups is 3. The summed E-state index contributed by atoms with van der Waals surface area (Å²) in [5.41, 5.74) is 0.527. The van der Waals surface area contributed by atoms with Crippen molar-refractivity contribution in [1.29, 1.82) is 0 Å². The second-order valence-corrected chi connectivity index (χ2v) is 18.9. The molecule has 0 bridgehead atoms. The summed E-state index contributed by atoms with van der Waals surface area (Å²) in [6.07, 6.45) is -3.62. The first-order valence-corrected chi connectivity index (χ1v) is 24.1. The van der Waals surface area contributed by atoms with E-state index in [0.29, 0.717) is 24.8 Å². The fourth-order valence-electron chi connectivity index (χ4n) is 8.31. The molecule has 0 amide bonds. The molecule has 0 unspecified atom stereocenters. The molecule has 0 radical (unpaired) electrons. The number of cyclic esters (lactones) is 1. The smallest absolute Gasteiger partial charge is 0.342 e. The Balaban J connectivity index is 1.56. The quantitative estimate of drug-likeness (QED) is 0.0682. The fraction of sp³-hybridized carbons (Fsp3) is 0.620. The highest BCUT2D eigenvalue weighted by Crippen LogP contribution is 2.45. The van der Waals surface area contributed by atoms with Gasteiger partial charge in [0.25, 0.3) is 0 Å². The third-order valence-corrected chi connectivity index (χ3v) is 13.3. The maximum atomic E-state index is 13.8. The van der Waals surface area contributed by atoms with Gasteiger partial charge < -0.3 is 68.9 Å². The van der Waals surface area contributed by atoms with Crippen LogP contribution in [0.5, 0.6) is 11.5 Å². The number of halogens is 2. The van der Waals surface area contributed by atoms with Crippen LogP contribution in [0.4, 0.5) is 0 Å². The van der Waals surface area contributed by atoms with Crippen molar-refractivity contribution in [3.63, 3.8) is 0 Å². The summed E-state index contributed by atoms with van der Waals surface area (Å²) in [7, 11) is 0. The van der Waals surface area contributed by atoms with Crippen LogP contribution in [0.25, 0.3) is 0 Å². The zero-order chi connectivity index (χ0) is 51.7. The maximum absolute atomic E-state index is 13.8. The van der Waals surface area contributed by atoms with Gasteiger partial charge in [-0.25, -0.2) is 9.59 Å². The van der Waals surface area contributed by atoms with E-state index in [4.69, 9.17) is 56.4 Å². The number of phenols is 2. The van der Waals surface area contributed by atoms with Crippen LogP contribution in [0.3, 0.4) is 0 Å². The molecular formula is C50H70Cl2O17. The number of esters is 3. The lowest BCUT2D eigenvalue weighted by Gasteiger charge is -2.47. The van der Waals surface area contributed by atoms with Crippen molar-refractivity contribution < 1.29 is 83.3 Å². The Morgan fingerprint density at radius 3 is 2.14 bits per heavy atom. The molecule has 386 valence electrons. The minimum Gasteiger partial charge on any atom is -0.505 e. The lowest BCUT2D eigenvalue weighted by molar-refractivity contribution is -0.333. The Bertz CT molecular complexity index is 2130. The third-order valence-electron chi connectivity index (χ3n) is 12.5. The summed E-state index contributed by atoms with van der Waals surface area (Å²) in [4.78, 5) is 39.4. The van der Waals surface area contributed by atoms with Gasteiger partial charge in [0.2, 0.25) is 0 Å². The number of aliphatic hydroxyl groups excluding tert-OH is 5. The van der Waals surface area contributed by atoms with Gasteiger partial charge in [-0.2, -0.15) is 0 Å². The molecule has 1 aromatic carbocycles. The van der Waals surface area contributed by atoms with Crippen LogP contribution in [0, 0.1) is 5.92 Å². The minimum atomic E-state index is -1.80. The molecule has 0 aliphatic carbocycles. The Morgan fingerprint density at radius 1 is 0.855 bits per heavy atom. The van der Waals surface area contributed by atoms with Crippen molar-refractivity contribution >= 4 is 41.1 Å². The number of rotatable bonds is 12. The molecule has 7 N–H and O–H groups in total. The van der Waals surface area contributed by atoms with E-state index in [-0.39, 0.29) is 41.3 Å². The van der Waals surface area contributed by atoms with Crippen LogP contribution in [-0.4, -0.2) is 139 Å². The SMILES string of the molecule is CCC(=O)O[C@H]1[C@H](O)[C@H](O)[C@H](O[C@H]2/C(C)=C/C(C)=C/C[C@H](CC)OC(=O)/C(CO[C@@H]3O[C@H](C)[C@@H](OC(=O)c4c(O)c(Cl)c(O)c(Cl)c4CC)[C@H](O)[C@@H]3O)=C/C=C/C[C@H](O)/C(C)=C/[C@@H]2CC)OC1(C)C. The van der Waals surface area contributed by atoms with E-state index in [1.165, 1.54) is 13.0 Å². The predicted octanol–water partition coefficient (Wildman–Crippen LogP) is 6.36.